The lowest BCUT2D eigenvalue weighted by Gasteiger charge is -2.03. The molecule has 0 atom stereocenters. The highest BCUT2D eigenvalue weighted by Crippen LogP contribution is 2.19. The molecule has 0 amide bonds. The van der Waals surface area contributed by atoms with Crippen LogP contribution in [0.2, 0.25) is 0 Å². The van der Waals surface area contributed by atoms with E-state index in [0.29, 0.717) is 13.2 Å². The predicted molar refractivity (Wildman–Crippen MR) is 74.7 cm³/mol. The molecule has 2 rings (SSSR count). The topological polar surface area (TPSA) is 52.0 Å². The van der Waals surface area contributed by atoms with E-state index in [1.165, 1.54) is 0 Å². The molecule has 1 N–H and O–H groups in total. The van der Waals surface area contributed by atoms with Gasteiger partial charge in [-0.2, -0.15) is 15.0 Å². The first-order chi connectivity index (χ1) is 9.35. The Kier molecular flexibility index (Phi) is 5.06. The van der Waals surface area contributed by atoms with Gasteiger partial charge in [0.2, 0.25) is 0 Å². The molecule has 2 aromatic rings. The lowest BCUT2D eigenvalue weighted by molar-refractivity contribution is 0.199. The summed E-state index contributed by atoms with van der Waals surface area (Å²) in [6, 6.07) is 10.2. The van der Waals surface area contributed by atoms with Crippen LogP contribution in [0.5, 0.6) is 0 Å². The summed E-state index contributed by atoms with van der Waals surface area (Å²) in [6.45, 7) is 5.02. The molecular formula is C14H20N4O. The van der Waals surface area contributed by atoms with Crippen LogP contribution in [-0.2, 0) is 17.8 Å². The number of aryl methyl sites for hydroxylation is 1. The summed E-state index contributed by atoms with van der Waals surface area (Å²) in [7, 11) is 1.70. The summed E-state index contributed by atoms with van der Waals surface area (Å²) >= 11 is 0. The Morgan fingerprint density at radius 2 is 2.00 bits per heavy atom. The van der Waals surface area contributed by atoms with Gasteiger partial charge in [0.05, 0.1) is 13.2 Å². The monoisotopic (exact) mass is 260 g/mol. The maximum absolute atomic E-state index is 5.02. The maximum atomic E-state index is 5.02. The first-order valence-electron chi connectivity index (χ1n) is 6.54. The Morgan fingerprint density at radius 3 is 2.68 bits per heavy atom. The van der Waals surface area contributed by atoms with Gasteiger partial charge in [-0.15, -0.1) is 0 Å². The number of aromatic nitrogens is 3. The SMILES string of the molecule is CCn1nc(CNCCOC)c(-c2ccccc2)n1. The molecule has 1 aromatic heterocycles. The molecule has 0 saturated heterocycles. The molecule has 0 aliphatic carbocycles. The average Bonchev–Trinajstić information content (AvgIpc) is 2.88. The molecule has 0 spiro atoms. The third-order valence-corrected chi connectivity index (χ3v) is 2.83. The number of hydrogen-bond acceptors (Lipinski definition) is 4. The minimum absolute atomic E-state index is 0.697. The normalized spacial score (nSPS) is 10.8. The Morgan fingerprint density at radius 1 is 1.21 bits per heavy atom. The molecule has 5 heteroatoms. The second kappa shape index (κ2) is 7.01. The number of hydrogen-bond donors (Lipinski definition) is 1. The molecule has 0 radical (unpaired) electrons. The first kappa shape index (κ1) is 13.7. The van der Waals surface area contributed by atoms with Crippen molar-refractivity contribution in [3.8, 4) is 11.3 Å². The van der Waals surface area contributed by atoms with Crippen molar-refractivity contribution in [2.24, 2.45) is 0 Å². The second-order valence-electron chi connectivity index (χ2n) is 4.22. The van der Waals surface area contributed by atoms with E-state index in [9.17, 15) is 0 Å². The number of ether oxygens (including phenoxy) is 1. The zero-order valence-corrected chi connectivity index (χ0v) is 11.5. The van der Waals surface area contributed by atoms with E-state index < -0.39 is 0 Å². The number of nitrogens with one attached hydrogen (secondary N) is 1. The van der Waals surface area contributed by atoms with Crippen molar-refractivity contribution in [1.29, 1.82) is 0 Å². The summed E-state index contributed by atoms with van der Waals surface area (Å²) in [4.78, 5) is 1.73. The van der Waals surface area contributed by atoms with E-state index in [-0.39, 0.29) is 0 Å². The van der Waals surface area contributed by atoms with Crippen LogP contribution in [0.3, 0.4) is 0 Å². The van der Waals surface area contributed by atoms with E-state index in [2.05, 4.69) is 27.6 Å². The molecule has 102 valence electrons. The van der Waals surface area contributed by atoms with Crippen LogP contribution < -0.4 is 5.32 Å². The van der Waals surface area contributed by atoms with Gasteiger partial charge in [0.15, 0.2) is 0 Å². The Labute approximate surface area is 113 Å². The van der Waals surface area contributed by atoms with Crippen molar-refractivity contribution in [3.05, 3.63) is 36.0 Å². The molecule has 5 nitrogen and oxygen atoms in total. The molecular weight excluding hydrogens is 240 g/mol. The van der Waals surface area contributed by atoms with Gasteiger partial charge in [0.25, 0.3) is 0 Å². The minimum Gasteiger partial charge on any atom is -0.383 e. The van der Waals surface area contributed by atoms with E-state index in [4.69, 9.17) is 4.74 Å². The average molecular weight is 260 g/mol. The van der Waals surface area contributed by atoms with Gasteiger partial charge in [0.1, 0.15) is 11.4 Å². The fraction of sp³-hybridized carbons (Fsp3) is 0.429. The van der Waals surface area contributed by atoms with Gasteiger partial charge in [-0.05, 0) is 6.92 Å². The van der Waals surface area contributed by atoms with Crippen molar-refractivity contribution < 1.29 is 4.74 Å². The molecule has 0 aliphatic heterocycles. The van der Waals surface area contributed by atoms with Crippen LogP contribution in [-0.4, -0.2) is 35.3 Å². The Balaban J connectivity index is 2.15. The fourth-order valence-corrected chi connectivity index (χ4v) is 1.84. The number of nitrogens with zero attached hydrogens (tertiary/aromatic N) is 3. The summed E-state index contributed by atoms with van der Waals surface area (Å²) in [5.41, 5.74) is 3.03. The summed E-state index contributed by atoms with van der Waals surface area (Å²) in [6.07, 6.45) is 0. The largest absolute Gasteiger partial charge is 0.383 e. The maximum Gasteiger partial charge on any atom is 0.117 e. The van der Waals surface area contributed by atoms with E-state index in [1.54, 1.807) is 11.9 Å². The lowest BCUT2D eigenvalue weighted by Crippen LogP contribution is -2.19. The van der Waals surface area contributed by atoms with Crippen LogP contribution in [0.15, 0.2) is 30.3 Å². The van der Waals surface area contributed by atoms with E-state index in [0.717, 1.165) is 30.0 Å². The van der Waals surface area contributed by atoms with Crippen molar-refractivity contribution in [2.45, 2.75) is 20.0 Å². The molecule has 0 fully saturated rings. The van der Waals surface area contributed by atoms with Gasteiger partial charge < -0.3 is 10.1 Å². The number of benzene rings is 1. The molecule has 19 heavy (non-hydrogen) atoms. The standard InChI is InChI=1S/C14H20N4O/c1-3-18-16-13(11-15-9-10-19-2)14(17-18)12-7-5-4-6-8-12/h4-8,15H,3,9-11H2,1-2H3. The number of rotatable bonds is 7. The fourth-order valence-electron chi connectivity index (χ4n) is 1.84. The van der Waals surface area contributed by atoms with Gasteiger partial charge in [0, 0.05) is 25.8 Å². The summed E-state index contributed by atoms with van der Waals surface area (Å²) in [5.74, 6) is 0. The van der Waals surface area contributed by atoms with Crippen molar-refractivity contribution >= 4 is 0 Å². The first-order valence-corrected chi connectivity index (χ1v) is 6.54. The Bertz CT molecular complexity index is 495. The van der Waals surface area contributed by atoms with Gasteiger partial charge in [-0.1, -0.05) is 30.3 Å². The van der Waals surface area contributed by atoms with Crippen LogP contribution in [0.4, 0.5) is 0 Å². The molecule has 1 heterocycles. The minimum atomic E-state index is 0.697. The molecule has 0 bridgehead atoms. The molecule has 1 aromatic carbocycles. The van der Waals surface area contributed by atoms with Crippen LogP contribution in [0.25, 0.3) is 11.3 Å². The molecule has 0 aliphatic rings. The summed E-state index contributed by atoms with van der Waals surface area (Å²) < 4.78 is 5.02. The van der Waals surface area contributed by atoms with Crippen LogP contribution in [0, 0.1) is 0 Å². The third kappa shape index (κ3) is 3.62. The molecule has 0 unspecified atom stereocenters. The van der Waals surface area contributed by atoms with Crippen molar-refractivity contribution in [2.75, 3.05) is 20.3 Å². The van der Waals surface area contributed by atoms with Gasteiger partial charge in [-0.25, -0.2) is 0 Å². The highest BCUT2D eigenvalue weighted by atomic mass is 16.5. The van der Waals surface area contributed by atoms with E-state index in [1.807, 2.05) is 25.1 Å². The Hall–Kier alpha value is -1.72. The third-order valence-electron chi connectivity index (χ3n) is 2.83. The smallest absolute Gasteiger partial charge is 0.117 e. The number of methoxy groups -OCH3 is 1. The van der Waals surface area contributed by atoms with E-state index >= 15 is 0 Å². The van der Waals surface area contributed by atoms with Gasteiger partial charge in [-0.3, -0.25) is 0 Å². The second-order valence-corrected chi connectivity index (χ2v) is 4.22. The van der Waals surface area contributed by atoms with Crippen molar-refractivity contribution in [3.63, 3.8) is 0 Å². The zero-order valence-electron chi connectivity index (χ0n) is 11.5. The molecule has 0 saturated carbocycles. The highest BCUT2D eigenvalue weighted by Gasteiger charge is 2.11. The highest BCUT2D eigenvalue weighted by molar-refractivity contribution is 5.60. The lowest BCUT2D eigenvalue weighted by atomic mass is 10.1. The van der Waals surface area contributed by atoms with Crippen LogP contribution in [0.1, 0.15) is 12.6 Å². The summed E-state index contributed by atoms with van der Waals surface area (Å²) in [5, 5.41) is 12.3. The van der Waals surface area contributed by atoms with Crippen LogP contribution >= 0.6 is 0 Å². The quantitative estimate of drug-likeness (QED) is 0.770. The zero-order chi connectivity index (χ0) is 13.5. The van der Waals surface area contributed by atoms with Gasteiger partial charge >= 0.3 is 0 Å². The van der Waals surface area contributed by atoms with Crippen molar-refractivity contribution in [1.82, 2.24) is 20.3 Å². The predicted octanol–water partition coefficient (Wildman–Crippen LogP) is 1.70.